The van der Waals surface area contributed by atoms with Gasteiger partial charge in [-0.2, -0.15) is 0 Å². The highest BCUT2D eigenvalue weighted by molar-refractivity contribution is 5.77. The van der Waals surface area contributed by atoms with E-state index in [9.17, 15) is 9.90 Å². The summed E-state index contributed by atoms with van der Waals surface area (Å²) in [5.41, 5.74) is 0.721. The van der Waals surface area contributed by atoms with Crippen LogP contribution in [-0.4, -0.2) is 30.8 Å². The van der Waals surface area contributed by atoms with Crippen LogP contribution in [0.4, 0.5) is 0 Å². The molecule has 0 bridgehead atoms. The molecule has 0 aliphatic carbocycles. The first kappa shape index (κ1) is 12.7. The van der Waals surface area contributed by atoms with E-state index in [1.54, 1.807) is 6.07 Å². The van der Waals surface area contributed by atoms with Gasteiger partial charge in [-0.25, -0.2) is 0 Å². The molecule has 5 heteroatoms. The smallest absolute Gasteiger partial charge is 0.245 e. The number of furan rings is 1. The van der Waals surface area contributed by atoms with Gasteiger partial charge in [-0.3, -0.25) is 4.79 Å². The second-order valence-corrected chi connectivity index (χ2v) is 3.35. The normalized spacial score (nSPS) is 12.4. The molecule has 1 heterocycles. The summed E-state index contributed by atoms with van der Waals surface area (Å²) in [4.78, 5) is 11.1. The highest BCUT2D eigenvalue weighted by atomic mass is 16.5. The van der Waals surface area contributed by atoms with E-state index in [2.05, 4.69) is 5.32 Å². The van der Waals surface area contributed by atoms with Crippen LogP contribution in [-0.2, 0) is 9.53 Å². The summed E-state index contributed by atoms with van der Waals surface area (Å²) < 4.78 is 9.78. The molecule has 0 saturated heterocycles. The van der Waals surface area contributed by atoms with Crippen LogP contribution in [0.25, 0.3) is 0 Å². The topological polar surface area (TPSA) is 71.7 Å². The SMILES string of the molecule is CCOCC(=O)NCCC(O)c1ccoc1. The summed E-state index contributed by atoms with van der Waals surface area (Å²) in [6.07, 6.45) is 2.85. The molecule has 0 aliphatic rings. The zero-order chi connectivity index (χ0) is 11.8. The van der Waals surface area contributed by atoms with Gasteiger partial charge in [0.15, 0.2) is 0 Å². The second kappa shape index (κ2) is 7.03. The van der Waals surface area contributed by atoms with Crippen LogP contribution >= 0.6 is 0 Å². The number of nitrogens with one attached hydrogen (secondary N) is 1. The van der Waals surface area contributed by atoms with Gasteiger partial charge in [0.05, 0.1) is 18.6 Å². The molecule has 0 saturated carbocycles. The van der Waals surface area contributed by atoms with Gasteiger partial charge >= 0.3 is 0 Å². The van der Waals surface area contributed by atoms with Gasteiger partial charge in [0.25, 0.3) is 0 Å². The summed E-state index contributed by atoms with van der Waals surface area (Å²) in [6, 6.07) is 1.70. The van der Waals surface area contributed by atoms with Crippen molar-refractivity contribution in [3.63, 3.8) is 0 Å². The summed E-state index contributed by atoms with van der Waals surface area (Å²) >= 11 is 0. The molecule has 90 valence electrons. The van der Waals surface area contributed by atoms with Crippen molar-refractivity contribution in [2.45, 2.75) is 19.4 Å². The van der Waals surface area contributed by atoms with Crippen molar-refractivity contribution < 1.29 is 19.1 Å². The number of carbonyl (C=O) groups excluding carboxylic acids is 1. The number of carbonyl (C=O) groups is 1. The Hall–Kier alpha value is -1.33. The lowest BCUT2D eigenvalue weighted by Gasteiger charge is -2.09. The van der Waals surface area contributed by atoms with Gasteiger partial charge in [-0.05, 0) is 19.4 Å². The van der Waals surface area contributed by atoms with Crippen molar-refractivity contribution >= 4 is 5.91 Å². The fraction of sp³-hybridized carbons (Fsp3) is 0.545. The predicted molar refractivity (Wildman–Crippen MR) is 57.8 cm³/mol. The van der Waals surface area contributed by atoms with Gasteiger partial charge in [0.2, 0.25) is 5.91 Å². The fourth-order valence-corrected chi connectivity index (χ4v) is 1.23. The number of hydrogen-bond acceptors (Lipinski definition) is 4. The maximum absolute atomic E-state index is 11.1. The monoisotopic (exact) mass is 227 g/mol. The van der Waals surface area contributed by atoms with Crippen molar-refractivity contribution in [3.8, 4) is 0 Å². The average Bonchev–Trinajstić information content (AvgIpc) is 2.79. The van der Waals surface area contributed by atoms with Gasteiger partial charge in [-0.15, -0.1) is 0 Å². The molecular weight excluding hydrogens is 210 g/mol. The molecule has 0 aromatic carbocycles. The maximum atomic E-state index is 11.1. The van der Waals surface area contributed by atoms with Crippen molar-refractivity contribution in [1.29, 1.82) is 0 Å². The van der Waals surface area contributed by atoms with Crippen molar-refractivity contribution in [3.05, 3.63) is 24.2 Å². The van der Waals surface area contributed by atoms with Crippen LogP contribution < -0.4 is 5.32 Å². The van der Waals surface area contributed by atoms with E-state index in [4.69, 9.17) is 9.15 Å². The molecule has 1 aromatic heterocycles. The lowest BCUT2D eigenvalue weighted by Crippen LogP contribution is -2.29. The van der Waals surface area contributed by atoms with E-state index in [1.807, 2.05) is 6.92 Å². The highest BCUT2D eigenvalue weighted by Gasteiger charge is 2.09. The summed E-state index contributed by atoms with van der Waals surface area (Å²) in [5.74, 6) is -0.166. The lowest BCUT2D eigenvalue weighted by atomic mass is 10.1. The molecule has 1 rings (SSSR count). The van der Waals surface area contributed by atoms with Crippen LogP contribution in [0.5, 0.6) is 0 Å². The molecule has 16 heavy (non-hydrogen) atoms. The van der Waals surface area contributed by atoms with Crippen LogP contribution in [0.1, 0.15) is 25.0 Å². The van der Waals surface area contributed by atoms with Crippen molar-refractivity contribution in [2.24, 2.45) is 0 Å². The minimum absolute atomic E-state index is 0.0678. The second-order valence-electron chi connectivity index (χ2n) is 3.35. The first-order valence-corrected chi connectivity index (χ1v) is 5.28. The molecule has 0 spiro atoms. The van der Waals surface area contributed by atoms with Crippen LogP contribution in [0.3, 0.4) is 0 Å². The first-order valence-electron chi connectivity index (χ1n) is 5.28. The molecule has 0 radical (unpaired) electrons. The Morgan fingerprint density at radius 3 is 3.12 bits per heavy atom. The Kier molecular flexibility index (Phi) is 5.60. The van der Waals surface area contributed by atoms with E-state index in [0.29, 0.717) is 19.6 Å². The van der Waals surface area contributed by atoms with Crippen LogP contribution in [0, 0.1) is 0 Å². The van der Waals surface area contributed by atoms with Gasteiger partial charge < -0.3 is 19.6 Å². The van der Waals surface area contributed by atoms with E-state index >= 15 is 0 Å². The molecule has 2 N–H and O–H groups in total. The van der Waals surface area contributed by atoms with Gasteiger partial charge in [-0.1, -0.05) is 0 Å². The molecular formula is C11H17NO4. The Morgan fingerprint density at radius 2 is 2.50 bits per heavy atom. The van der Waals surface area contributed by atoms with E-state index in [-0.39, 0.29) is 12.5 Å². The molecule has 1 atom stereocenters. The van der Waals surface area contributed by atoms with Crippen LogP contribution in [0.15, 0.2) is 23.0 Å². The largest absolute Gasteiger partial charge is 0.472 e. The molecule has 1 unspecified atom stereocenters. The average molecular weight is 227 g/mol. The molecule has 0 aliphatic heterocycles. The third-order valence-corrected chi connectivity index (χ3v) is 2.11. The Bertz CT molecular complexity index is 297. The predicted octanol–water partition coefficient (Wildman–Crippen LogP) is 0.856. The van der Waals surface area contributed by atoms with Gasteiger partial charge in [0, 0.05) is 18.7 Å². The number of hydrogen-bond donors (Lipinski definition) is 2. The number of aliphatic hydroxyl groups is 1. The van der Waals surface area contributed by atoms with Crippen LogP contribution in [0.2, 0.25) is 0 Å². The lowest BCUT2D eigenvalue weighted by molar-refractivity contribution is -0.125. The quantitative estimate of drug-likeness (QED) is 0.724. The molecule has 5 nitrogen and oxygen atoms in total. The summed E-state index contributed by atoms with van der Waals surface area (Å²) in [5, 5.41) is 12.3. The fourth-order valence-electron chi connectivity index (χ4n) is 1.23. The first-order chi connectivity index (χ1) is 7.74. The van der Waals surface area contributed by atoms with E-state index in [0.717, 1.165) is 5.56 Å². The highest BCUT2D eigenvalue weighted by Crippen LogP contribution is 2.15. The zero-order valence-electron chi connectivity index (χ0n) is 9.31. The third-order valence-electron chi connectivity index (χ3n) is 2.11. The minimum atomic E-state index is -0.605. The third kappa shape index (κ3) is 4.46. The standard InChI is InChI=1S/C11H17NO4/c1-2-15-8-11(14)12-5-3-10(13)9-4-6-16-7-9/h4,6-7,10,13H,2-3,5,8H2,1H3,(H,12,14). The number of aliphatic hydroxyl groups excluding tert-OH is 1. The van der Waals surface area contributed by atoms with E-state index < -0.39 is 6.10 Å². The Labute approximate surface area is 94.4 Å². The summed E-state index contributed by atoms with van der Waals surface area (Å²) in [7, 11) is 0. The zero-order valence-corrected chi connectivity index (χ0v) is 9.31. The Morgan fingerprint density at radius 1 is 1.69 bits per heavy atom. The molecule has 1 aromatic rings. The number of rotatable bonds is 7. The molecule has 1 amide bonds. The van der Waals surface area contributed by atoms with Gasteiger partial charge in [0.1, 0.15) is 6.61 Å². The summed E-state index contributed by atoms with van der Waals surface area (Å²) in [6.45, 7) is 2.83. The van der Waals surface area contributed by atoms with Crippen molar-refractivity contribution in [1.82, 2.24) is 5.32 Å². The number of ether oxygens (including phenoxy) is 1. The number of amides is 1. The maximum Gasteiger partial charge on any atom is 0.245 e. The molecule has 0 fully saturated rings. The minimum Gasteiger partial charge on any atom is -0.472 e. The Balaban J connectivity index is 2.13. The van der Waals surface area contributed by atoms with Crippen molar-refractivity contribution in [2.75, 3.05) is 19.8 Å². The van der Waals surface area contributed by atoms with E-state index in [1.165, 1.54) is 12.5 Å².